The fourth-order valence-corrected chi connectivity index (χ4v) is 3.24. The Bertz CT molecular complexity index is 606. The van der Waals surface area contributed by atoms with Crippen LogP contribution >= 0.6 is 0 Å². The predicted octanol–water partition coefficient (Wildman–Crippen LogP) is 2.40. The van der Waals surface area contributed by atoms with Gasteiger partial charge in [-0.05, 0) is 26.8 Å². The van der Waals surface area contributed by atoms with Crippen molar-refractivity contribution in [1.29, 1.82) is 0 Å². The number of rotatable bonds is 3. The van der Waals surface area contributed by atoms with Gasteiger partial charge in [0.05, 0.1) is 0 Å². The van der Waals surface area contributed by atoms with Crippen molar-refractivity contribution in [3.8, 4) is 0 Å². The first kappa shape index (κ1) is 14.0. The lowest BCUT2D eigenvalue weighted by molar-refractivity contribution is -0.0131. The zero-order valence-corrected chi connectivity index (χ0v) is 11.8. The van der Waals surface area contributed by atoms with E-state index < -0.39 is 20.4 Å². The number of benzene rings is 1. The number of hydrogen-bond donors (Lipinski definition) is 1. The number of halogens is 1. The number of hydroxylamine groups is 1. The van der Waals surface area contributed by atoms with Crippen molar-refractivity contribution in [1.82, 2.24) is 5.48 Å². The first-order valence-corrected chi connectivity index (χ1v) is 7.31. The smallest absolute Gasteiger partial charge is 0.238 e. The van der Waals surface area contributed by atoms with Gasteiger partial charge in [0, 0.05) is 5.56 Å². The normalized spacial score (nSPS) is 21.4. The van der Waals surface area contributed by atoms with E-state index in [9.17, 15) is 12.8 Å². The quantitative estimate of drug-likeness (QED) is 0.926. The van der Waals surface area contributed by atoms with Crippen LogP contribution in [0.15, 0.2) is 41.4 Å². The molecule has 0 saturated carbocycles. The molecule has 0 radical (unpaired) electrons. The van der Waals surface area contributed by atoms with Gasteiger partial charge in [-0.2, -0.15) is 0 Å². The van der Waals surface area contributed by atoms with E-state index in [0.717, 1.165) is 6.92 Å². The second kappa shape index (κ2) is 4.31. The number of sulfone groups is 1. The lowest BCUT2D eigenvalue weighted by Crippen LogP contribution is -2.32. The Morgan fingerprint density at radius 2 is 1.84 bits per heavy atom. The van der Waals surface area contributed by atoms with Gasteiger partial charge in [0.2, 0.25) is 14.8 Å². The molecule has 0 bridgehead atoms. The molecule has 0 fully saturated rings. The molecule has 0 spiro atoms. The molecule has 1 N–H and O–H groups in total. The third-order valence-electron chi connectivity index (χ3n) is 2.98. The highest BCUT2D eigenvalue weighted by Gasteiger charge is 2.46. The Hall–Kier alpha value is -1.40. The third-order valence-corrected chi connectivity index (χ3v) is 5.00. The van der Waals surface area contributed by atoms with Gasteiger partial charge >= 0.3 is 0 Å². The molecular formula is C13H16FNO3S. The molecule has 1 unspecified atom stereocenters. The summed E-state index contributed by atoms with van der Waals surface area (Å²) < 4.78 is 39.5. The zero-order chi connectivity index (χ0) is 14.3. The molecule has 4 nitrogen and oxygen atoms in total. The first-order valence-electron chi connectivity index (χ1n) is 5.83. The Kier molecular flexibility index (Phi) is 3.18. The third kappa shape index (κ3) is 2.37. The molecule has 1 aliphatic heterocycles. The number of hydrogen-bond acceptors (Lipinski definition) is 4. The topological polar surface area (TPSA) is 55.4 Å². The average Bonchev–Trinajstić information content (AvgIpc) is 2.71. The summed E-state index contributed by atoms with van der Waals surface area (Å²) >= 11 is 0. The molecule has 1 aromatic rings. The highest BCUT2D eigenvalue weighted by molar-refractivity contribution is 7.95. The highest BCUT2D eigenvalue weighted by Crippen LogP contribution is 2.37. The molecule has 0 aromatic heterocycles. The van der Waals surface area contributed by atoms with Crippen LogP contribution in [0, 0.1) is 0 Å². The van der Waals surface area contributed by atoms with Crippen LogP contribution in [0.4, 0.5) is 4.39 Å². The first-order chi connectivity index (χ1) is 8.67. The second-order valence-corrected chi connectivity index (χ2v) is 7.32. The van der Waals surface area contributed by atoms with E-state index in [2.05, 4.69) is 5.48 Å². The Balaban J connectivity index is 2.46. The summed E-state index contributed by atoms with van der Waals surface area (Å²) in [5, 5.41) is -2.76. The lowest BCUT2D eigenvalue weighted by atomic mass is 10.1. The Morgan fingerprint density at radius 1 is 1.26 bits per heavy atom. The molecule has 19 heavy (non-hydrogen) atoms. The fraction of sp³-hybridized carbons (Fsp3) is 0.385. The molecule has 1 heterocycles. The van der Waals surface area contributed by atoms with Gasteiger partial charge < -0.3 is 0 Å². The van der Waals surface area contributed by atoms with Crippen LogP contribution in [0.25, 0.3) is 0 Å². The largest absolute Gasteiger partial charge is 0.265 e. The molecule has 2 rings (SSSR count). The summed E-state index contributed by atoms with van der Waals surface area (Å²) in [6, 6.07) is 7.78. The molecule has 1 atom stereocenters. The van der Waals surface area contributed by atoms with Crippen LogP contribution in [0.3, 0.4) is 0 Å². The molecule has 104 valence electrons. The van der Waals surface area contributed by atoms with E-state index in [4.69, 9.17) is 4.84 Å². The average molecular weight is 285 g/mol. The fourth-order valence-electron chi connectivity index (χ4n) is 1.79. The standard InChI is InChI=1S/C13H16FNO3S/c1-12(2)9-11(15-18-12)19(16,17)13(3,14)10-7-5-4-6-8-10/h4-9,15H,1-3H3. The van der Waals surface area contributed by atoms with Crippen LogP contribution in [0.5, 0.6) is 0 Å². The van der Waals surface area contributed by atoms with E-state index in [1.54, 1.807) is 32.0 Å². The van der Waals surface area contributed by atoms with Gasteiger partial charge in [0.15, 0.2) is 5.03 Å². The van der Waals surface area contributed by atoms with Crippen molar-refractivity contribution < 1.29 is 17.6 Å². The molecular weight excluding hydrogens is 269 g/mol. The van der Waals surface area contributed by atoms with Crippen LogP contribution in [0.1, 0.15) is 26.3 Å². The van der Waals surface area contributed by atoms with Gasteiger partial charge in [-0.1, -0.05) is 30.3 Å². The van der Waals surface area contributed by atoms with Gasteiger partial charge in [-0.25, -0.2) is 12.8 Å². The Morgan fingerprint density at radius 3 is 2.32 bits per heavy atom. The van der Waals surface area contributed by atoms with Crippen LogP contribution in [-0.2, 0) is 19.7 Å². The molecule has 6 heteroatoms. The number of nitrogens with one attached hydrogen (secondary N) is 1. The maximum Gasteiger partial charge on any atom is 0.238 e. The molecule has 0 amide bonds. The molecule has 0 saturated heterocycles. The van der Waals surface area contributed by atoms with Gasteiger partial charge in [0.1, 0.15) is 5.60 Å². The van der Waals surface area contributed by atoms with Gasteiger partial charge in [0.25, 0.3) is 0 Å². The summed E-state index contributed by atoms with van der Waals surface area (Å²) in [7, 11) is -4.20. The number of alkyl halides is 1. The van der Waals surface area contributed by atoms with E-state index in [-0.39, 0.29) is 10.6 Å². The van der Waals surface area contributed by atoms with Crippen molar-refractivity contribution >= 4 is 9.84 Å². The van der Waals surface area contributed by atoms with Crippen LogP contribution in [0.2, 0.25) is 0 Å². The molecule has 1 aliphatic rings. The zero-order valence-electron chi connectivity index (χ0n) is 11.0. The maximum atomic E-state index is 14.8. The minimum atomic E-state index is -4.20. The van der Waals surface area contributed by atoms with Crippen molar-refractivity contribution in [2.45, 2.75) is 31.4 Å². The minimum absolute atomic E-state index is 0.0856. The minimum Gasteiger partial charge on any atom is -0.265 e. The summed E-state index contributed by atoms with van der Waals surface area (Å²) in [5.41, 5.74) is 1.60. The monoisotopic (exact) mass is 285 g/mol. The van der Waals surface area contributed by atoms with Crippen molar-refractivity contribution in [3.63, 3.8) is 0 Å². The van der Waals surface area contributed by atoms with Crippen LogP contribution < -0.4 is 5.48 Å². The van der Waals surface area contributed by atoms with E-state index in [1.165, 1.54) is 18.2 Å². The van der Waals surface area contributed by atoms with Gasteiger partial charge in [-0.3, -0.25) is 10.3 Å². The SMILES string of the molecule is CC1(C)C=C(S(=O)(=O)C(C)(F)c2ccccc2)NO1. The summed E-state index contributed by atoms with van der Waals surface area (Å²) in [6.45, 7) is 4.40. The van der Waals surface area contributed by atoms with Crippen molar-refractivity contribution in [2.24, 2.45) is 0 Å². The summed E-state index contributed by atoms with van der Waals surface area (Å²) in [6.07, 6.45) is 1.36. The van der Waals surface area contributed by atoms with Crippen molar-refractivity contribution in [2.75, 3.05) is 0 Å². The predicted molar refractivity (Wildman–Crippen MR) is 70.2 cm³/mol. The van der Waals surface area contributed by atoms with Gasteiger partial charge in [-0.15, -0.1) is 0 Å². The summed E-state index contributed by atoms with van der Waals surface area (Å²) in [4.78, 5) is 5.08. The highest BCUT2D eigenvalue weighted by atomic mass is 32.2. The van der Waals surface area contributed by atoms with Crippen LogP contribution in [-0.4, -0.2) is 14.0 Å². The summed E-state index contributed by atoms with van der Waals surface area (Å²) in [5.74, 6) is 0. The van der Waals surface area contributed by atoms with E-state index in [0.29, 0.717) is 0 Å². The van der Waals surface area contributed by atoms with Crippen molar-refractivity contribution in [3.05, 3.63) is 47.0 Å². The van der Waals surface area contributed by atoms with E-state index in [1.807, 2.05) is 0 Å². The lowest BCUT2D eigenvalue weighted by Gasteiger charge is -2.21. The second-order valence-electron chi connectivity index (χ2n) is 5.10. The molecule has 1 aromatic carbocycles. The molecule has 0 aliphatic carbocycles. The Labute approximate surface area is 112 Å². The maximum absolute atomic E-state index is 14.8. The van der Waals surface area contributed by atoms with E-state index >= 15 is 0 Å².